The van der Waals surface area contributed by atoms with Crippen molar-refractivity contribution in [1.29, 1.82) is 0 Å². The Morgan fingerprint density at radius 3 is 2.00 bits per heavy atom. The third kappa shape index (κ3) is 7.56. The van der Waals surface area contributed by atoms with Crippen LogP contribution >= 0.6 is 0 Å². The van der Waals surface area contributed by atoms with E-state index in [9.17, 15) is 9.59 Å². The number of nitrogens with one attached hydrogen (secondary N) is 1. The van der Waals surface area contributed by atoms with Gasteiger partial charge in [-0.3, -0.25) is 0 Å². The Kier molecular flexibility index (Phi) is 9.61. The van der Waals surface area contributed by atoms with Gasteiger partial charge in [-0.2, -0.15) is 0 Å². The van der Waals surface area contributed by atoms with Gasteiger partial charge in [0.05, 0.1) is 7.11 Å². The lowest BCUT2D eigenvalue weighted by Crippen LogP contribution is -2.50. The van der Waals surface area contributed by atoms with Crippen molar-refractivity contribution in [3.05, 3.63) is 29.8 Å². The lowest BCUT2D eigenvalue weighted by Gasteiger charge is -2.42. The van der Waals surface area contributed by atoms with Gasteiger partial charge in [0.25, 0.3) is 8.32 Å². The number of methoxy groups -OCH3 is 1. The SMILES string of the molecule is COC(=O)C(Cc1cccc(O[Si](C(C)C)(C(C)C)C(C)C)c1)NC(=O)OC(C)(C)C. The predicted molar refractivity (Wildman–Crippen MR) is 127 cm³/mol. The molecule has 0 aliphatic carbocycles. The lowest BCUT2D eigenvalue weighted by molar-refractivity contribution is -0.143. The molecular formula is C24H41NO5Si. The van der Waals surface area contributed by atoms with Gasteiger partial charge in [-0.15, -0.1) is 0 Å². The highest BCUT2D eigenvalue weighted by molar-refractivity contribution is 6.78. The van der Waals surface area contributed by atoms with E-state index in [2.05, 4.69) is 46.9 Å². The van der Waals surface area contributed by atoms with Crippen LogP contribution in [0.1, 0.15) is 67.9 Å². The molecule has 1 amide bonds. The predicted octanol–water partition coefficient (Wildman–Crippen LogP) is 5.85. The molecule has 0 radical (unpaired) electrons. The highest BCUT2D eigenvalue weighted by Crippen LogP contribution is 2.42. The van der Waals surface area contributed by atoms with E-state index >= 15 is 0 Å². The molecule has 1 aromatic carbocycles. The Hall–Kier alpha value is -2.02. The normalized spacial score (nSPS) is 13.3. The monoisotopic (exact) mass is 451 g/mol. The number of amides is 1. The molecule has 7 heteroatoms. The van der Waals surface area contributed by atoms with E-state index in [0.717, 1.165) is 11.3 Å². The van der Waals surface area contributed by atoms with Crippen molar-refractivity contribution in [2.24, 2.45) is 0 Å². The highest BCUT2D eigenvalue weighted by atomic mass is 28.4. The van der Waals surface area contributed by atoms with Gasteiger partial charge in [-0.25, -0.2) is 9.59 Å². The van der Waals surface area contributed by atoms with E-state index in [1.54, 1.807) is 20.8 Å². The standard InChI is InChI=1S/C24H41NO5Si/c1-16(2)31(17(3)4,18(5)6)30-20-13-11-12-19(14-20)15-21(22(26)28-10)25-23(27)29-24(7,8)9/h11-14,16-18,21H,15H2,1-10H3,(H,25,27). The summed E-state index contributed by atoms with van der Waals surface area (Å²) in [7, 11) is -0.789. The average Bonchev–Trinajstić information content (AvgIpc) is 2.62. The molecule has 0 heterocycles. The Bertz CT molecular complexity index is 718. The van der Waals surface area contributed by atoms with Crippen LogP contribution in [0, 0.1) is 0 Å². The van der Waals surface area contributed by atoms with Crippen molar-refractivity contribution >= 4 is 20.4 Å². The third-order valence-corrected chi connectivity index (χ3v) is 11.5. The molecule has 0 spiro atoms. The summed E-state index contributed by atoms with van der Waals surface area (Å²) in [6.45, 7) is 18.8. The lowest BCUT2D eigenvalue weighted by atomic mass is 10.1. The second-order valence-corrected chi connectivity index (χ2v) is 15.4. The van der Waals surface area contributed by atoms with Gasteiger partial charge >= 0.3 is 12.1 Å². The van der Waals surface area contributed by atoms with Crippen LogP contribution in [0.2, 0.25) is 16.6 Å². The average molecular weight is 452 g/mol. The van der Waals surface area contributed by atoms with E-state index in [4.69, 9.17) is 13.9 Å². The van der Waals surface area contributed by atoms with Crippen LogP contribution in [0.15, 0.2) is 24.3 Å². The Morgan fingerprint density at radius 2 is 1.55 bits per heavy atom. The molecule has 0 aliphatic heterocycles. The minimum absolute atomic E-state index is 0.280. The van der Waals surface area contributed by atoms with Crippen molar-refractivity contribution in [3.63, 3.8) is 0 Å². The zero-order valence-corrected chi connectivity index (χ0v) is 21.9. The van der Waals surface area contributed by atoms with Crippen LogP contribution in [-0.2, 0) is 20.7 Å². The molecule has 0 aromatic heterocycles. The topological polar surface area (TPSA) is 73.9 Å². The maximum Gasteiger partial charge on any atom is 0.408 e. The number of carbonyl (C=O) groups is 2. The van der Waals surface area contributed by atoms with Crippen LogP contribution in [-0.4, -0.2) is 39.1 Å². The van der Waals surface area contributed by atoms with Crippen molar-refractivity contribution < 1.29 is 23.5 Å². The van der Waals surface area contributed by atoms with Crippen molar-refractivity contribution in [2.45, 2.75) is 97.0 Å². The van der Waals surface area contributed by atoms with Gasteiger partial charge in [0.1, 0.15) is 17.4 Å². The van der Waals surface area contributed by atoms with E-state index in [1.807, 2.05) is 24.3 Å². The molecule has 1 atom stereocenters. The second kappa shape index (κ2) is 11.0. The number of hydrogen-bond acceptors (Lipinski definition) is 5. The zero-order valence-electron chi connectivity index (χ0n) is 20.9. The molecule has 6 nitrogen and oxygen atoms in total. The highest BCUT2D eigenvalue weighted by Gasteiger charge is 2.47. The maximum atomic E-state index is 12.3. The summed E-state index contributed by atoms with van der Waals surface area (Å²) < 4.78 is 16.9. The molecule has 0 fully saturated rings. The van der Waals surface area contributed by atoms with Gasteiger partial charge in [0.2, 0.25) is 0 Å². The fourth-order valence-electron chi connectivity index (χ4n) is 4.31. The van der Waals surface area contributed by atoms with Crippen LogP contribution < -0.4 is 9.74 Å². The number of alkyl carbamates (subject to hydrolysis) is 1. The minimum atomic E-state index is -2.09. The number of rotatable bonds is 9. The molecule has 31 heavy (non-hydrogen) atoms. The van der Waals surface area contributed by atoms with Gasteiger partial charge in [0.15, 0.2) is 0 Å². The Morgan fingerprint density at radius 1 is 1.00 bits per heavy atom. The van der Waals surface area contributed by atoms with Crippen molar-refractivity contribution in [1.82, 2.24) is 5.32 Å². The number of carbonyl (C=O) groups excluding carboxylic acids is 2. The Balaban J connectivity index is 3.11. The first-order valence-corrected chi connectivity index (χ1v) is 13.2. The molecule has 1 rings (SSSR count). The van der Waals surface area contributed by atoms with Crippen molar-refractivity contribution in [3.8, 4) is 5.75 Å². The van der Waals surface area contributed by atoms with Crippen molar-refractivity contribution in [2.75, 3.05) is 7.11 Å². The summed E-state index contributed by atoms with van der Waals surface area (Å²) in [5.41, 5.74) is 1.58. The fourth-order valence-corrected chi connectivity index (χ4v) is 9.56. The summed E-state index contributed by atoms with van der Waals surface area (Å²) in [6, 6.07) is 6.92. The van der Waals surface area contributed by atoms with Crippen LogP contribution in [0.3, 0.4) is 0 Å². The largest absolute Gasteiger partial charge is 0.543 e. The van der Waals surface area contributed by atoms with E-state index in [0.29, 0.717) is 16.6 Å². The van der Waals surface area contributed by atoms with Crippen LogP contribution in [0.5, 0.6) is 5.75 Å². The molecule has 0 aliphatic rings. The second-order valence-electron chi connectivity index (χ2n) is 9.99. The quantitative estimate of drug-likeness (QED) is 0.376. The summed E-state index contributed by atoms with van der Waals surface area (Å²) >= 11 is 0. The number of ether oxygens (including phenoxy) is 2. The van der Waals surface area contributed by atoms with Gasteiger partial charge < -0.3 is 19.2 Å². The smallest absolute Gasteiger partial charge is 0.408 e. The molecule has 1 unspecified atom stereocenters. The van der Waals surface area contributed by atoms with E-state index in [-0.39, 0.29) is 6.42 Å². The summed E-state index contributed by atoms with van der Waals surface area (Å²) in [5, 5.41) is 2.63. The van der Waals surface area contributed by atoms with Gasteiger partial charge in [0, 0.05) is 6.42 Å². The number of esters is 1. The minimum Gasteiger partial charge on any atom is -0.543 e. The molecule has 0 saturated heterocycles. The first-order valence-electron chi connectivity index (χ1n) is 11.1. The third-order valence-electron chi connectivity index (χ3n) is 5.52. The molecule has 176 valence electrons. The zero-order chi connectivity index (χ0) is 24.0. The Labute approximate surface area is 189 Å². The molecule has 1 aromatic rings. The first-order chi connectivity index (χ1) is 14.2. The molecular weight excluding hydrogens is 410 g/mol. The molecule has 0 bridgehead atoms. The number of benzene rings is 1. The van der Waals surface area contributed by atoms with E-state index < -0.39 is 32.0 Å². The van der Waals surface area contributed by atoms with E-state index in [1.165, 1.54) is 7.11 Å². The first kappa shape index (κ1) is 27.0. The van der Waals surface area contributed by atoms with Gasteiger partial charge in [-0.1, -0.05) is 53.7 Å². The van der Waals surface area contributed by atoms with Crippen LogP contribution in [0.25, 0.3) is 0 Å². The van der Waals surface area contributed by atoms with Gasteiger partial charge in [-0.05, 0) is 55.1 Å². The summed E-state index contributed by atoms with van der Waals surface area (Å²) in [6.07, 6.45) is -0.371. The fraction of sp³-hybridized carbons (Fsp3) is 0.667. The maximum absolute atomic E-state index is 12.3. The summed E-state index contributed by atoms with van der Waals surface area (Å²) in [4.78, 5) is 24.5. The molecule has 1 N–H and O–H groups in total. The molecule has 0 saturated carbocycles. The summed E-state index contributed by atoms with van der Waals surface area (Å²) in [5.74, 6) is 0.286. The number of hydrogen-bond donors (Lipinski definition) is 1. The van der Waals surface area contributed by atoms with Crippen LogP contribution in [0.4, 0.5) is 4.79 Å².